The molecular weight excluding hydrogens is 370 g/mol. The Labute approximate surface area is 169 Å². The van der Waals surface area contributed by atoms with Crippen LogP contribution in [0.2, 0.25) is 0 Å². The number of nitrogens with zero attached hydrogens (tertiary/aromatic N) is 2. The van der Waals surface area contributed by atoms with E-state index in [4.69, 9.17) is 9.40 Å². The van der Waals surface area contributed by atoms with Gasteiger partial charge in [-0.2, -0.15) is 0 Å². The van der Waals surface area contributed by atoms with Gasteiger partial charge in [-0.15, -0.1) is 11.3 Å². The van der Waals surface area contributed by atoms with Crippen molar-refractivity contribution in [3.8, 4) is 22.0 Å². The molecule has 0 atom stereocenters. The molecule has 4 rings (SSSR count). The number of carbonyl (C=O) groups excluding carboxylic acids is 1. The van der Waals surface area contributed by atoms with Crippen LogP contribution in [0.1, 0.15) is 28.9 Å². The number of rotatable bonds is 6. The lowest BCUT2D eigenvalue weighted by atomic mass is 9.93. The molecule has 2 aromatic heterocycles. The van der Waals surface area contributed by atoms with Crippen molar-refractivity contribution >= 4 is 17.2 Å². The molecule has 1 N–H and O–H groups in total. The van der Waals surface area contributed by atoms with Crippen LogP contribution in [-0.4, -0.2) is 42.5 Å². The molecule has 5 nitrogen and oxygen atoms in total. The molecule has 6 heteroatoms. The Morgan fingerprint density at radius 2 is 2.00 bits per heavy atom. The molecule has 1 aliphatic rings. The Balaban J connectivity index is 1.59. The third-order valence-electron chi connectivity index (χ3n) is 5.30. The number of thiazole rings is 1. The summed E-state index contributed by atoms with van der Waals surface area (Å²) in [6.45, 7) is 2.67. The van der Waals surface area contributed by atoms with E-state index in [2.05, 4.69) is 5.32 Å². The van der Waals surface area contributed by atoms with Crippen LogP contribution in [0.5, 0.6) is 0 Å². The lowest BCUT2D eigenvalue weighted by Gasteiger charge is -2.32. The lowest BCUT2D eigenvalue weighted by molar-refractivity contribution is 0.0692. The van der Waals surface area contributed by atoms with Crippen LogP contribution in [0, 0.1) is 5.92 Å². The fourth-order valence-electron chi connectivity index (χ4n) is 3.68. The van der Waals surface area contributed by atoms with E-state index in [1.54, 1.807) is 6.26 Å². The molecule has 1 aromatic carbocycles. The molecule has 0 unspecified atom stereocenters. The number of amides is 1. The van der Waals surface area contributed by atoms with Gasteiger partial charge in [0.25, 0.3) is 5.91 Å². The van der Waals surface area contributed by atoms with Gasteiger partial charge in [-0.25, -0.2) is 4.98 Å². The van der Waals surface area contributed by atoms with E-state index in [1.165, 1.54) is 17.8 Å². The van der Waals surface area contributed by atoms with E-state index in [1.807, 2.05) is 54.4 Å². The van der Waals surface area contributed by atoms with Crippen LogP contribution in [0.4, 0.5) is 0 Å². The van der Waals surface area contributed by atoms with Crippen molar-refractivity contribution in [3.63, 3.8) is 0 Å². The quantitative estimate of drug-likeness (QED) is 0.666. The Morgan fingerprint density at radius 3 is 2.68 bits per heavy atom. The molecule has 3 aromatic rings. The average Bonchev–Trinajstić information content (AvgIpc) is 3.42. The third kappa shape index (κ3) is 4.03. The number of hydrogen-bond acceptors (Lipinski definition) is 5. The van der Waals surface area contributed by atoms with Crippen molar-refractivity contribution in [1.29, 1.82) is 0 Å². The Kier molecular flexibility index (Phi) is 5.88. The van der Waals surface area contributed by atoms with Gasteiger partial charge in [0.2, 0.25) is 0 Å². The van der Waals surface area contributed by atoms with Crippen molar-refractivity contribution in [2.45, 2.75) is 19.3 Å². The van der Waals surface area contributed by atoms with Gasteiger partial charge in [-0.3, -0.25) is 4.79 Å². The SMILES string of the molecule is CNCCC1CCN(C(=O)c2sc(-c3ccco3)nc2-c2ccccc2)CC1. The summed E-state index contributed by atoms with van der Waals surface area (Å²) in [5, 5.41) is 3.97. The lowest BCUT2D eigenvalue weighted by Crippen LogP contribution is -2.38. The second kappa shape index (κ2) is 8.71. The maximum Gasteiger partial charge on any atom is 0.266 e. The van der Waals surface area contributed by atoms with E-state index >= 15 is 0 Å². The highest BCUT2D eigenvalue weighted by molar-refractivity contribution is 7.17. The van der Waals surface area contributed by atoms with Crippen molar-refractivity contribution in [2.24, 2.45) is 5.92 Å². The molecule has 0 bridgehead atoms. The van der Waals surface area contributed by atoms with Gasteiger partial charge in [0.05, 0.1) is 12.0 Å². The molecule has 3 heterocycles. The fraction of sp³-hybridized carbons (Fsp3) is 0.364. The predicted molar refractivity (Wildman–Crippen MR) is 112 cm³/mol. The molecule has 0 radical (unpaired) electrons. The number of benzene rings is 1. The van der Waals surface area contributed by atoms with Crippen molar-refractivity contribution < 1.29 is 9.21 Å². The number of nitrogens with one attached hydrogen (secondary N) is 1. The van der Waals surface area contributed by atoms with Gasteiger partial charge < -0.3 is 14.6 Å². The van der Waals surface area contributed by atoms with Crippen LogP contribution >= 0.6 is 11.3 Å². The third-order valence-corrected chi connectivity index (χ3v) is 6.36. The maximum absolute atomic E-state index is 13.4. The molecule has 28 heavy (non-hydrogen) atoms. The second-order valence-electron chi connectivity index (χ2n) is 7.17. The molecule has 1 aliphatic heterocycles. The van der Waals surface area contributed by atoms with Gasteiger partial charge >= 0.3 is 0 Å². The number of likely N-dealkylation sites (tertiary alicyclic amines) is 1. The van der Waals surface area contributed by atoms with Gasteiger partial charge in [0, 0.05) is 18.7 Å². The average molecular weight is 396 g/mol. The molecule has 146 valence electrons. The van der Waals surface area contributed by atoms with Gasteiger partial charge in [0.1, 0.15) is 4.88 Å². The summed E-state index contributed by atoms with van der Waals surface area (Å²) in [5.41, 5.74) is 1.71. The minimum Gasteiger partial charge on any atom is -0.462 e. The zero-order chi connectivity index (χ0) is 19.3. The normalized spacial score (nSPS) is 15.1. The minimum atomic E-state index is 0.0845. The second-order valence-corrected chi connectivity index (χ2v) is 8.17. The fourth-order valence-corrected chi connectivity index (χ4v) is 4.70. The van der Waals surface area contributed by atoms with E-state index in [0.29, 0.717) is 16.6 Å². The first-order chi connectivity index (χ1) is 13.8. The predicted octanol–water partition coefficient (Wildman–Crippen LogP) is 4.53. The zero-order valence-corrected chi connectivity index (χ0v) is 16.9. The van der Waals surface area contributed by atoms with Crippen molar-refractivity contribution in [3.05, 3.63) is 53.6 Å². The molecule has 1 amide bonds. The summed E-state index contributed by atoms with van der Waals surface area (Å²) in [6.07, 6.45) is 4.95. The first-order valence-electron chi connectivity index (χ1n) is 9.80. The molecule has 0 saturated carbocycles. The van der Waals surface area contributed by atoms with Crippen LogP contribution in [0.25, 0.3) is 22.0 Å². The first-order valence-corrected chi connectivity index (χ1v) is 10.6. The minimum absolute atomic E-state index is 0.0845. The number of carbonyl (C=O) groups is 1. The summed E-state index contributed by atoms with van der Waals surface area (Å²) in [7, 11) is 1.99. The van der Waals surface area contributed by atoms with Crippen molar-refractivity contribution in [2.75, 3.05) is 26.7 Å². The van der Waals surface area contributed by atoms with E-state index in [0.717, 1.165) is 48.7 Å². The molecule has 0 spiro atoms. The van der Waals surface area contributed by atoms with E-state index in [-0.39, 0.29) is 5.91 Å². The number of aromatic nitrogens is 1. The first kappa shape index (κ1) is 18.9. The molecule has 0 aliphatic carbocycles. The molecular formula is C22H25N3O2S. The number of furan rings is 1. The summed E-state index contributed by atoms with van der Waals surface area (Å²) < 4.78 is 5.52. The van der Waals surface area contributed by atoms with Crippen LogP contribution in [-0.2, 0) is 0 Å². The van der Waals surface area contributed by atoms with E-state index in [9.17, 15) is 4.79 Å². The highest BCUT2D eigenvalue weighted by Crippen LogP contribution is 2.35. The summed E-state index contributed by atoms with van der Waals surface area (Å²) in [6, 6.07) is 13.7. The summed E-state index contributed by atoms with van der Waals surface area (Å²) >= 11 is 1.42. The van der Waals surface area contributed by atoms with E-state index < -0.39 is 0 Å². The topological polar surface area (TPSA) is 58.4 Å². The van der Waals surface area contributed by atoms with Gasteiger partial charge in [-0.1, -0.05) is 30.3 Å². The highest BCUT2D eigenvalue weighted by Gasteiger charge is 2.28. The summed E-state index contributed by atoms with van der Waals surface area (Å²) in [4.78, 5) is 20.8. The standard InChI is InChI=1S/C22H25N3O2S/c1-23-12-9-16-10-13-25(14-11-16)22(26)20-19(17-6-3-2-4-7-17)24-21(28-20)18-8-5-15-27-18/h2-8,15-16,23H,9-14H2,1H3. The Hall–Kier alpha value is -2.44. The summed E-state index contributed by atoms with van der Waals surface area (Å²) in [5.74, 6) is 1.48. The Morgan fingerprint density at radius 1 is 1.21 bits per heavy atom. The van der Waals surface area contributed by atoms with Gasteiger partial charge in [0.15, 0.2) is 10.8 Å². The van der Waals surface area contributed by atoms with Crippen LogP contribution in [0.15, 0.2) is 53.1 Å². The largest absolute Gasteiger partial charge is 0.462 e. The van der Waals surface area contributed by atoms with Crippen molar-refractivity contribution in [1.82, 2.24) is 15.2 Å². The van der Waals surface area contributed by atoms with Crippen LogP contribution < -0.4 is 5.32 Å². The highest BCUT2D eigenvalue weighted by atomic mass is 32.1. The number of hydrogen-bond donors (Lipinski definition) is 1. The molecule has 1 saturated heterocycles. The molecule has 1 fully saturated rings. The smallest absolute Gasteiger partial charge is 0.266 e. The van der Waals surface area contributed by atoms with Gasteiger partial charge in [-0.05, 0) is 50.9 Å². The monoisotopic (exact) mass is 395 g/mol. The number of piperidine rings is 1. The Bertz CT molecular complexity index is 897. The zero-order valence-electron chi connectivity index (χ0n) is 16.1. The maximum atomic E-state index is 13.4. The van der Waals surface area contributed by atoms with Crippen LogP contribution in [0.3, 0.4) is 0 Å².